The molecule has 0 atom stereocenters. The Labute approximate surface area is 98.2 Å². The number of nitrogens with two attached hydrogens (primary N) is 1. The Morgan fingerprint density at radius 1 is 1.24 bits per heavy atom. The zero-order valence-corrected chi connectivity index (χ0v) is 9.35. The van der Waals surface area contributed by atoms with Crippen LogP contribution in [0.3, 0.4) is 0 Å². The molecule has 88 valence electrons. The maximum Gasteiger partial charge on any atom is 0.238 e. The minimum absolute atomic E-state index is 0.0707. The van der Waals surface area contributed by atoms with Crippen molar-refractivity contribution in [3.8, 4) is 11.6 Å². The molecule has 0 saturated carbocycles. The average Bonchev–Trinajstić information content (AvgIpc) is 2.32. The first-order chi connectivity index (χ1) is 8.20. The number of rotatable bonds is 3. The maximum absolute atomic E-state index is 13.4. The largest absolute Gasteiger partial charge is 0.437 e. The summed E-state index contributed by atoms with van der Waals surface area (Å²) in [6.45, 7) is 1.89. The van der Waals surface area contributed by atoms with Gasteiger partial charge in [-0.1, -0.05) is 6.07 Å². The molecular weight excluding hydrogens is 221 g/mol. The first-order valence-corrected chi connectivity index (χ1v) is 5.16. The molecule has 0 amide bonds. The van der Waals surface area contributed by atoms with Gasteiger partial charge in [-0.15, -0.1) is 5.10 Å². The van der Waals surface area contributed by atoms with E-state index in [1.54, 1.807) is 24.3 Å². The van der Waals surface area contributed by atoms with E-state index in [0.29, 0.717) is 17.2 Å². The Hall–Kier alpha value is -2.01. The average molecular weight is 233 g/mol. The highest BCUT2D eigenvalue weighted by molar-refractivity contribution is 5.36. The summed E-state index contributed by atoms with van der Waals surface area (Å²) in [5.41, 5.74) is 6.59. The van der Waals surface area contributed by atoms with E-state index in [9.17, 15) is 4.39 Å². The summed E-state index contributed by atoms with van der Waals surface area (Å²) in [7, 11) is 0. The number of ether oxygens (including phenoxy) is 1. The highest BCUT2D eigenvalue weighted by Gasteiger charge is 2.09. The number of hydrogen-bond donors (Lipinski definition) is 1. The molecule has 0 aliphatic carbocycles. The summed E-state index contributed by atoms with van der Waals surface area (Å²) in [4.78, 5) is 0. The number of nitrogens with zero attached hydrogens (tertiary/aromatic N) is 2. The van der Waals surface area contributed by atoms with Gasteiger partial charge < -0.3 is 10.5 Å². The van der Waals surface area contributed by atoms with E-state index >= 15 is 0 Å². The minimum atomic E-state index is -0.384. The molecule has 0 fully saturated rings. The van der Waals surface area contributed by atoms with Crippen molar-refractivity contribution in [1.82, 2.24) is 10.2 Å². The molecule has 0 radical (unpaired) electrons. The molecule has 2 aromatic rings. The lowest BCUT2D eigenvalue weighted by molar-refractivity contribution is 0.442. The normalized spacial score (nSPS) is 10.3. The van der Waals surface area contributed by atoms with Gasteiger partial charge in [-0.2, -0.15) is 5.10 Å². The maximum atomic E-state index is 13.4. The molecule has 17 heavy (non-hydrogen) atoms. The van der Waals surface area contributed by atoms with E-state index in [1.165, 1.54) is 6.07 Å². The van der Waals surface area contributed by atoms with Gasteiger partial charge in [0.15, 0.2) is 0 Å². The lowest BCUT2D eigenvalue weighted by atomic mass is 10.2. The van der Waals surface area contributed by atoms with E-state index in [0.717, 1.165) is 5.69 Å². The van der Waals surface area contributed by atoms with Crippen molar-refractivity contribution in [3.63, 3.8) is 0 Å². The van der Waals surface area contributed by atoms with Crippen LogP contribution in [-0.2, 0) is 6.54 Å². The van der Waals surface area contributed by atoms with Crippen LogP contribution < -0.4 is 10.5 Å². The van der Waals surface area contributed by atoms with E-state index in [4.69, 9.17) is 10.5 Å². The van der Waals surface area contributed by atoms with Crippen LogP contribution in [0, 0.1) is 12.7 Å². The van der Waals surface area contributed by atoms with Gasteiger partial charge in [0, 0.05) is 18.2 Å². The van der Waals surface area contributed by atoms with Crippen LogP contribution in [0.1, 0.15) is 11.3 Å². The molecule has 1 heterocycles. The quantitative estimate of drug-likeness (QED) is 0.882. The predicted octanol–water partition coefficient (Wildman–Crippen LogP) is 2.18. The topological polar surface area (TPSA) is 61.0 Å². The molecule has 0 saturated heterocycles. The molecule has 0 bridgehead atoms. The van der Waals surface area contributed by atoms with E-state index < -0.39 is 0 Å². The summed E-state index contributed by atoms with van der Waals surface area (Å²) in [5, 5.41) is 7.70. The van der Waals surface area contributed by atoms with Gasteiger partial charge in [0.05, 0.1) is 5.69 Å². The van der Waals surface area contributed by atoms with Gasteiger partial charge in [0.2, 0.25) is 5.88 Å². The molecule has 0 aliphatic rings. The van der Waals surface area contributed by atoms with Gasteiger partial charge in [0.25, 0.3) is 0 Å². The fourth-order valence-electron chi connectivity index (χ4n) is 1.39. The van der Waals surface area contributed by atoms with Crippen molar-refractivity contribution in [2.45, 2.75) is 13.5 Å². The smallest absolute Gasteiger partial charge is 0.238 e. The zero-order chi connectivity index (χ0) is 12.3. The Morgan fingerprint density at radius 2 is 2.06 bits per heavy atom. The Kier molecular flexibility index (Phi) is 3.30. The number of halogens is 1. The van der Waals surface area contributed by atoms with Crippen LogP contribution in [0.25, 0.3) is 0 Å². The van der Waals surface area contributed by atoms with Gasteiger partial charge in [-0.25, -0.2) is 4.39 Å². The van der Waals surface area contributed by atoms with Crippen LogP contribution in [0.5, 0.6) is 11.6 Å². The summed E-state index contributed by atoms with van der Waals surface area (Å²) in [6.07, 6.45) is 0. The van der Waals surface area contributed by atoms with E-state index in [-0.39, 0.29) is 12.4 Å². The monoisotopic (exact) mass is 233 g/mol. The molecular formula is C12H12FN3O. The van der Waals surface area contributed by atoms with Gasteiger partial charge in [-0.05, 0) is 25.1 Å². The van der Waals surface area contributed by atoms with Crippen molar-refractivity contribution < 1.29 is 9.13 Å². The highest BCUT2D eigenvalue weighted by atomic mass is 19.1. The van der Waals surface area contributed by atoms with Crippen LogP contribution in [0.2, 0.25) is 0 Å². The molecule has 2 rings (SSSR count). The number of benzene rings is 1. The zero-order valence-electron chi connectivity index (χ0n) is 9.35. The third kappa shape index (κ3) is 2.57. The number of hydrogen-bond acceptors (Lipinski definition) is 4. The Bertz CT molecular complexity index is 514. The fraction of sp³-hybridized carbons (Fsp3) is 0.167. The minimum Gasteiger partial charge on any atom is -0.437 e. The highest BCUT2D eigenvalue weighted by Crippen LogP contribution is 2.25. The standard InChI is InChI=1S/C12H12FN3O/c1-8-5-6-12(16-15-8)17-11-4-2-3-10(13)9(11)7-14/h2-6H,7,14H2,1H3. The van der Waals surface area contributed by atoms with Crippen molar-refractivity contribution >= 4 is 0 Å². The van der Waals surface area contributed by atoms with Crippen molar-refractivity contribution in [2.24, 2.45) is 5.73 Å². The molecule has 5 heteroatoms. The van der Waals surface area contributed by atoms with Crippen molar-refractivity contribution in [1.29, 1.82) is 0 Å². The van der Waals surface area contributed by atoms with Crippen molar-refractivity contribution in [3.05, 3.63) is 47.4 Å². The van der Waals surface area contributed by atoms with E-state index in [1.807, 2.05) is 6.92 Å². The second-order valence-corrected chi connectivity index (χ2v) is 3.54. The summed E-state index contributed by atoms with van der Waals surface area (Å²) in [6, 6.07) is 7.99. The van der Waals surface area contributed by atoms with Gasteiger partial charge in [-0.3, -0.25) is 0 Å². The van der Waals surface area contributed by atoms with Crippen molar-refractivity contribution in [2.75, 3.05) is 0 Å². The summed E-state index contributed by atoms with van der Waals surface area (Å²) in [5.74, 6) is 0.298. The fourth-order valence-corrected chi connectivity index (χ4v) is 1.39. The lowest BCUT2D eigenvalue weighted by Crippen LogP contribution is -2.03. The molecule has 1 aromatic heterocycles. The van der Waals surface area contributed by atoms with Gasteiger partial charge >= 0.3 is 0 Å². The second kappa shape index (κ2) is 4.88. The van der Waals surface area contributed by atoms with Crippen LogP contribution in [0.4, 0.5) is 4.39 Å². The van der Waals surface area contributed by atoms with Crippen LogP contribution >= 0.6 is 0 Å². The van der Waals surface area contributed by atoms with E-state index in [2.05, 4.69) is 10.2 Å². The molecule has 0 spiro atoms. The summed E-state index contributed by atoms with van der Waals surface area (Å²) >= 11 is 0. The molecule has 0 unspecified atom stereocenters. The molecule has 4 nitrogen and oxygen atoms in total. The lowest BCUT2D eigenvalue weighted by Gasteiger charge is -2.09. The van der Waals surface area contributed by atoms with Crippen LogP contribution in [-0.4, -0.2) is 10.2 Å². The summed E-state index contributed by atoms with van der Waals surface area (Å²) < 4.78 is 18.9. The molecule has 0 aliphatic heterocycles. The third-order valence-corrected chi connectivity index (χ3v) is 2.27. The Balaban J connectivity index is 2.29. The van der Waals surface area contributed by atoms with Gasteiger partial charge in [0.1, 0.15) is 11.6 Å². The third-order valence-electron chi connectivity index (χ3n) is 2.27. The molecule has 2 N–H and O–H groups in total. The van der Waals surface area contributed by atoms with Crippen LogP contribution in [0.15, 0.2) is 30.3 Å². The SMILES string of the molecule is Cc1ccc(Oc2cccc(F)c2CN)nn1. The first-order valence-electron chi connectivity index (χ1n) is 5.16. The number of aromatic nitrogens is 2. The predicted molar refractivity (Wildman–Crippen MR) is 61.1 cm³/mol. The Morgan fingerprint density at radius 3 is 2.71 bits per heavy atom. The molecule has 1 aromatic carbocycles. The second-order valence-electron chi connectivity index (χ2n) is 3.54. The number of aryl methyl sites for hydroxylation is 1. The first kappa shape index (κ1) is 11.5.